The Bertz CT molecular complexity index is 200. The lowest BCUT2D eigenvalue weighted by Crippen LogP contribution is -2.36. The van der Waals surface area contributed by atoms with Gasteiger partial charge < -0.3 is 4.74 Å². The van der Waals surface area contributed by atoms with Gasteiger partial charge in [-0.05, 0) is 33.6 Å². The molecule has 0 amide bonds. The van der Waals surface area contributed by atoms with Crippen molar-refractivity contribution in [1.29, 1.82) is 0 Å². The maximum absolute atomic E-state index is 12.9. The van der Waals surface area contributed by atoms with Crippen LogP contribution in [0, 0.1) is 0 Å². The summed E-state index contributed by atoms with van der Waals surface area (Å²) in [6.07, 6.45) is 1.28. The molecule has 0 aromatic rings. The largest absolute Gasteiger partial charge is 0.459 e. The molecule has 4 heteroatoms. The van der Waals surface area contributed by atoms with Gasteiger partial charge in [-0.1, -0.05) is 0 Å². The number of nitrogens with zero attached hydrogens (tertiary/aromatic N) is 1. The molecule has 1 heterocycles. The lowest BCUT2D eigenvalue weighted by molar-refractivity contribution is -0.166. The van der Waals surface area contributed by atoms with E-state index < -0.39 is 17.6 Å². The predicted molar refractivity (Wildman–Crippen MR) is 46.7 cm³/mol. The highest BCUT2D eigenvalue weighted by molar-refractivity contribution is 5.76. The summed E-state index contributed by atoms with van der Waals surface area (Å²) in [5.74, 6) is -0.451. The topological polar surface area (TPSA) is 29.5 Å². The van der Waals surface area contributed by atoms with E-state index in [1.807, 2.05) is 0 Å². The number of ether oxygens (including phenoxy) is 1. The van der Waals surface area contributed by atoms with E-state index in [1.54, 1.807) is 20.8 Å². The molecule has 1 aliphatic heterocycles. The van der Waals surface area contributed by atoms with Gasteiger partial charge in [-0.15, -0.1) is 9.60 Å². The third kappa shape index (κ3) is 2.95. The molecule has 1 rings (SSSR count). The van der Waals surface area contributed by atoms with Gasteiger partial charge in [-0.2, -0.15) is 0 Å². The Labute approximate surface area is 77.8 Å². The SMILES string of the molecule is CC(C)(C)OC(=O)C1CCCN1F. The first kappa shape index (κ1) is 10.4. The standard InChI is InChI=1S/C9H16FNO2/c1-9(2,3)13-8(12)7-5-4-6-11(7)10/h7H,4-6H2,1-3H3. The van der Waals surface area contributed by atoms with E-state index in [9.17, 15) is 9.28 Å². The van der Waals surface area contributed by atoms with Gasteiger partial charge >= 0.3 is 5.97 Å². The van der Waals surface area contributed by atoms with E-state index in [2.05, 4.69) is 0 Å². The fourth-order valence-corrected chi connectivity index (χ4v) is 1.33. The van der Waals surface area contributed by atoms with Crippen LogP contribution in [0.4, 0.5) is 4.48 Å². The van der Waals surface area contributed by atoms with Gasteiger partial charge in [0.15, 0.2) is 0 Å². The fourth-order valence-electron chi connectivity index (χ4n) is 1.33. The minimum absolute atomic E-state index is 0.337. The van der Waals surface area contributed by atoms with Crippen molar-refractivity contribution in [3.8, 4) is 0 Å². The molecule has 0 bridgehead atoms. The summed E-state index contributed by atoms with van der Waals surface area (Å²) >= 11 is 0. The molecule has 1 saturated heterocycles. The van der Waals surface area contributed by atoms with Crippen LogP contribution in [0.15, 0.2) is 0 Å². The molecule has 0 N–H and O–H groups in total. The molecule has 0 aromatic carbocycles. The van der Waals surface area contributed by atoms with Crippen LogP contribution >= 0.6 is 0 Å². The van der Waals surface area contributed by atoms with Crippen LogP contribution in [0.25, 0.3) is 0 Å². The Morgan fingerprint density at radius 2 is 2.15 bits per heavy atom. The fraction of sp³-hybridized carbons (Fsp3) is 0.889. The number of rotatable bonds is 1. The Hall–Kier alpha value is -0.640. The van der Waals surface area contributed by atoms with Crippen molar-refractivity contribution in [2.45, 2.75) is 45.3 Å². The smallest absolute Gasteiger partial charge is 0.326 e. The molecule has 0 aromatic heterocycles. The average Bonchev–Trinajstić information content (AvgIpc) is 2.30. The van der Waals surface area contributed by atoms with Crippen LogP contribution in [0.1, 0.15) is 33.6 Å². The van der Waals surface area contributed by atoms with Crippen LogP contribution in [0.3, 0.4) is 0 Å². The first-order valence-electron chi connectivity index (χ1n) is 4.55. The van der Waals surface area contributed by atoms with Gasteiger partial charge in [0, 0.05) is 6.54 Å². The number of hydrogen-bond acceptors (Lipinski definition) is 3. The summed E-state index contributed by atoms with van der Waals surface area (Å²) in [5.41, 5.74) is -0.527. The number of esters is 1. The van der Waals surface area contributed by atoms with E-state index in [-0.39, 0.29) is 0 Å². The first-order valence-corrected chi connectivity index (χ1v) is 4.55. The lowest BCUT2D eigenvalue weighted by Gasteiger charge is -2.23. The summed E-state index contributed by atoms with van der Waals surface area (Å²) in [6, 6.07) is -0.681. The maximum atomic E-state index is 12.9. The zero-order valence-corrected chi connectivity index (χ0v) is 8.34. The van der Waals surface area contributed by atoms with Crippen LogP contribution < -0.4 is 0 Å². The maximum Gasteiger partial charge on any atom is 0.326 e. The number of carbonyl (C=O) groups excluding carboxylic acids is 1. The van der Waals surface area contributed by atoms with Crippen molar-refractivity contribution in [2.75, 3.05) is 6.54 Å². The van der Waals surface area contributed by atoms with Crippen molar-refractivity contribution in [3.05, 3.63) is 0 Å². The van der Waals surface area contributed by atoms with E-state index in [1.165, 1.54) is 0 Å². The molecule has 1 aliphatic rings. The number of hydrogen-bond donors (Lipinski definition) is 0. The summed E-state index contributed by atoms with van der Waals surface area (Å²) in [4.78, 5) is 11.4. The minimum atomic E-state index is -0.681. The summed E-state index contributed by atoms with van der Waals surface area (Å²) in [6.45, 7) is 5.68. The Kier molecular flexibility index (Phi) is 2.91. The zero-order chi connectivity index (χ0) is 10.1. The zero-order valence-electron chi connectivity index (χ0n) is 8.34. The molecule has 0 aliphatic carbocycles. The molecule has 0 spiro atoms. The third-order valence-electron chi connectivity index (χ3n) is 1.87. The molecule has 13 heavy (non-hydrogen) atoms. The molecule has 1 unspecified atom stereocenters. The van der Waals surface area contributed by atoms with Crippen molar-refractivity contribution >= 4 is 5.97 Å². The average molecular weight is 189 g/mol. The van der Waals surface area contributed by atoms with Crippen LogP contribution in [-0.4, -0.2) is 29.3 Å². The van der Waals surface area contributed by atoms with Gasteiger partial charge in [0.1, 0.15) is 11.6 Å². The van der Waals surface area contributed by atoms with Crippen LogP contribution in [0.2, 0.25) is 0 Å². The molecule has 1 atom stereocenters. The second-order valence-corrected chi connectivity index (χ2v) is 4.31. The van der Waals surface area contributed by atoms with Gasteiger partial charge in [0.2, 0.25) is 0 Å². The highest BCUT2D eigenvalue weighted by atomic mass is 19.2. The van der Waals surface area contributed by atoms with Crippen molar-refractivity contribution in [1.82, 2.24) is 5.12 Å². The summed E-state index contributed by atoms with van der Waals surface area (Å²) in [7, 11) is 0. The second-order valence-electron chi connectivity index (χ2n) is 4.31. The van der Waals surface area contributed by atoms with Crippen molar-refractivity contribution in [3.63, 3.8) is 0 Å². The van der Waals surface area contributed by atoms with Gasteiger partial charge in [0.05, 0.1) is 0 Å². The Balaban J connectivity index is 2.48. The van der Waals surface area contributed by atoms with E-state index in [0.29, 0.717) is 18.1 Å². The van der Waals surface area contributed by atoms with Crippen molar-refractivity contribution < 1.29 is 14.0 Å². The molecule has 0 saturated carbocycles. The van der Waals surface area contributed by atoms with Crippen LogP contribution in [0.5, 0.6) is 0 Å². The van der Waals surface area contributed by atoms with Gasteiger partial charge in [-0.25, -0.2) is 0 Å². The molecule has 3 nitrogen and oxygen atoms in total. The van der Waals surface area contributed by atoms with Crippen molar-refractivity contribution in [2.24, 2.45) is 0 Å². The highest BCUT2D eigenvalue weighted by Crippen LogP contribution is 2.20. The number of halogens is 1. The predicted octanol–water partition coefficient (Wildman–Crippen LogP) is 1.68. The number of carbonyl (C=O) groups is 1. The lowest BCUT2D eigenvalue weighted by atomic mass is 10.2. The highest BCUT2D eigenvalue weighted by Gasteiger charge is 2.34. The minimum Gasteiger partial charge on any atom is -0.459 e. The monoisotopic (exact) mass is 189 g/mol. The Morgan fingerprint density at radius 3 is 2.54 bits per heavy atom. The molecular weight excluding hydrogens is 173 g/mol. The molecule has 76 valence electrons. The molecular formula is C9H16FNO2. The third-order valence-corrected chi connectivity index (χ3v) is 1.87. The molecule has 1 fully saturated rings. The van der Waals surface area contributed by atoms with Crippen LogP contribution in [-0.2, 0) is 9.53 Å². The Morgan fingerprint density at radius 1 is 1.54 bits per heavy atom. The summed E-state index contributed by atoms with van der Waals surface area (Å²) < 4.78 is 18.0. The van der Waals surface area contributed by atoms with E-state index in [4.69, 9.17) is 4.74 Å². The van der Waals surface area contributed by atoms with Gasteiger partial charge in [0.25, 0.3) is 0 Å². The second kappa shape index (κ2) is 3.62. The van der Waals surface area contributed by atoms with Gasteiger partial charge in [-0.3, -0.25) is 4.79 Å². The first-order chi connectivity index (χ1) is 5.90. The normalized spacial score (nSPS) is 24.8. The molecule has 0 radical (unpaired) electrons. The quantitative estimate of drug-likeness (QED) is 0.464. The summed E-state index contributed by atoms with van der Waals surface area (Å²) in [5, 5.41) is 0.564. The van der Waals surface area contributed by atoms with E-state index >= 15 is 0 Å². The van der Waals surface area contributed by atoms with E-state index in [0.717, 1.165) is 6.42 Å².